The van der Waals surface area contributed by atoms with Crippen LogP contribution in [0.4, 0.5) is 10.1 Å². The third-order valence-electron chi connectivity index (χ3n) is 5.29. The number of hydrogen-bond donors (Lipinski definition) is 1. The molecule has 0 aliphatic rings. The van der Waals surface area contributed by atoms with Gasteiger partial charge in [0, 0.05) is 13.1 Å². The van der Waals surface area contributed by atoms with E-state index >= 15 is 0 Å². The van der Waals surface area contributed by atoms with Gasteiger partial charge in [-0.15, -0.1) is 0 Å². The summed E-state index contributed by atoms with van der Waals surface area (Å²) in [6, 6.07) is 11.8. The Hall–Kier alpha value is -2.94. The lowest BCUT2D eigenvalue weighted by atomic mass is 10.0. The number of halogens is 1. The number of carbonyl (C=O) groups is 2. The number of para-hydroxylation sites is 1. The summed E-state index contributed by atoms with van der Waals surface area (Å²) in [6.45, 7) is 7.19. The number of nitrogens with zero attached hydrogens (tertiary/aromatic N) is 2. The molecule has 0 unspecified atom stereocenters. The molecule has 9 heteroatoms. The molecule has 2 aromatic rings. The number of rotatable bonds is 10. The van der Waals surface area contributed by atoms with Crippen molar-refractivity contribution in [3.8, 4) is 0 Å². The van der Waals surface area contributed by atoms with E-state index < -0.39 is 34.3 Å². The summed E-state index contributed by atoms with van der Waals surface area (Å²) in [5.41, 5.74) is 1.84. The van der Waals surface area contributed by atoms with Crippen molar-refractivity contribution in [2.24, 2.45) is 0 Å². The Labute approximate surface area is 195 Å². The number of sulfonamides is 1. The minimum Gasteiger partial charge on any atom is -0.355 e. The van der Waals surface area contributed by atoms with Crippen LogP contribution in [0.15, 0.2) is 48.5 Å². The van der Waals surface area contributed by atoms with Crippen LogP contribution in [0.1, 0.15) is 44.7 Å². The highest BCUT2D eigenvalue weighted by atomic mass is 32.2. The molecule has 0 saturated heterocycles. The Bertz CT molecular complexity index is 1070. The molecule has 2 amide bonds. The summed E-state index contributed by atoms with van der Waals surface area (Å²) in [7, 11) is -3.80. The fourth-order valence-corrected chi connectivity index (χ4v) is 4.36. The predicted molar refractivity (Wildman–Crippen MR) is 128 cm³/mol. The number of likely N-dealkylation sites (N-methyl/N-ethyl adjacent to an activating group) is 1. The smallest absolute Gasteiger partial charge is 0.244 e. The Morgan fingerprint density at radius 2 is 1.64 bits per heavy atom. The van der Waals surface area contributed by atoms with Crippen molar-refractivity contribution < 1.29 is 22.4 Å². The summed E-state index contributed by atoms with van der Waals surface area (Å²) in [4.78, 5) is 27.3. The van der Waals surface area contributed by atoms with Gasteiger partial charge in [0.1, 0.15) is 18.4 Å². The lowest BCUT2D eigenvalue weighted by Crippen LogP contribution is -2.51. The fraction of sp³-hybridized carbons (Fsp3) is 0.417. The molecule has 0 radical (unpaired) electrons. The van der Waals surface area contributed by atoms with E-state index in [4.69, 9.17) is 0 Å². The van der Waals surface area contributed by atoms with Crippen molar-refractivity contribution in [3.63, 3.8) is 0 Å². The SMILES string of the molecule is CCNC(=O)[C@H](C)N(Cc1ccc(F)cc1)C(=O)CN(c1ccccc1C(C)C)S(C)(=O)=O. The van der Waals surface area contributed by atoms with E-state index in [1.165, 1.54) is 29.2 Å². The first-order chi connectivity index (χ1) is 15.5. The van der Waals surface area contributed by atoms with Crippen LogP contribution in [0.25, 0.3) is 0 Å². The highest BCUT2D eigenvalue weighted by Crippen LogP contribution is 2.29. The molecule has 0 aromatic heterocycles. The zero-order chi connectivity index (χ0) is 24.8. The summed E-state index contributed by atoms with van der Waals surface area (Å²) < 4.78 is 39.8. The second-order valence-corrected chi connectivity index (χ2v) is 10.1. The summed E-state index contributed by atoms with van der Waals surface area (Å²) in [6.07, 6.45) is 1.05. The monoisotopic (exact) mass is 477 g/mol. The molecule has 0 aliphatic heterocycles. The van der Waals surface area contributed by atoms with E-state index in [1.54, 1.807) is 26.0 Å². The molecule has 1 atom stereocenters. The van der Waals surface area contributed by atoms with Crippen LogP contribution >= 0.6 is 0 Å². The first-order valence-corrected chi connectivity index (χ1v) is 12.7. The van der Waals surface area contributed by atoms with Gasteiger partial charge in [-0.25, -0.2) is 12.8 Å². The molecule has 33 heavy (non-hydrogen) atoms. The summed E-state index contributed by atoms with van der Waals surface area (Å²) in [5.74, 6) is -1.28. The van der Waals surface area contributed by atoms with E-state index in [0.29, 0.717) is 17.8 Å². The molecule has 2 rings (SSSR count). The van der Waals surface area contributed by atoms with Gasteiger partial charge in [-0.2, -0.15) is 0 Å². The van der Waals surface area contributed by atoms with Crippen molar-refractivity contribution >= 4 is 27.5 Å². The molecule has 7 nitrogen and oxygen atoms in total. The molecular formula is C24H32FN3O4S. The van der Waals surface area contributed by atoms with E-state index in [9.17, 15) is 22.4 Å². The standard InChI is InChI=1S/C24H32FN3O4S/c1-6-26-24(30)18(4)27(15-19-11-13-20(25)14-12-19)23(29)16-28(33(5,31)32)22-10-8-7-9-21(22)17(2)3/h7-14,17-18H,6,15-16H2,1-5H3,(H,26,30)/t18-/m0/s1. The lowest BCUT2D eigenvalue weighted by Gasteiger charge is -2.32. The van der Waals surface area contributed by atoms with E-state index in [0.717, 1.165) is 16.1 Å². The molecule has 0 saturated carbocycles. The van der Waals surface area contributed by atoms with Gasteiger partial charge >= 0.3 is 0 Å². The molecule has 0 fully saturated rings. The Kier molecular flexibility index (Phi) is 8.99. The largest absolute Gasteiger partial charge is 0.355 e. The number of amides is 2. The van der Waals surface area contributed by atoms with Crippen LogP contribution < -0.4 is 9.62 Å². The van der Waals surface area contributed by atoms with Crippen molar-refractivity contribution in [3.05, 3.63) is 65.5 Å². The molecule has 0 bridgehead atoms. The number of carbonyl (C=O) groups excluding carboxylic acids is 2. The van der Waals surface area contributed by atoms with Crippen LogP contribution in [0.5, 0.6) is 0 Å². The second kappa shape index (κ2) is 11.3. The minimum absolute atomic E-state index is 0.0286. The Morgan fingerprint density at radius 3 is 2.18 bits per heavy atom. The van der Waals surface area contributed by atoms with Gasteiger partial charge in [-0.3, -0.25) is 13.9 Å². The van der Waals surface area contributed by atoms with Crippen LogP contribution in [0, 0.1) is 5.82 Å². The lowest BCUT2D eigenvalue weighted by molar-refractivity contribution is -0.139. The van der Waals surface area contributed by atoms with Crippen LogP contribution in [-0.2, 0) is 26.2 Å². The molecular weight excluding hydrogens is 445 g/mol. The Balaban J connectivity index is 2.44. The molecule has 0 heterocycles. The van der Waals surface area contributed by atoms with Crippen molar-refractivity contribution in [2.75, 3.05) is 23.7 Å². The third kappa shape index (κ3) is 7.02. The number of benzene rings is 2. The third-order valence-corrected chi connectivity index (χ3v) is 6.42. The number of anilines is 1. The van der Waals surface area contributed by atoms with E-state index in [-0.39, 0.29) is 18.4 Å². The maximum Gasteiger partial charge on any atom is 0.244 e. The molecule has 2 aromatic carbocycles. The molecule has 0 aliphatic carbocycles. The molecule has 1 N–H and O–H groups in total. The summed E-state index contributed by atoms with van der Waals surface area (Å²) in [5, 5.41) is 2.69. The molecule has 0 spiro atoms. The van der Waals surface area contributed by atoms with Crippen molar-refractivity contribution in [1.29, 1.82) is 0 Å². The van der Waals surface area contributed by atoms with Gasteiger partial charge in [0.05, 0.1) is 11.9 Å². The highest BCUT2D eigenvalue weighted by molar-refractivity contribution is 7.92. The van der Waals surface area contributed by atoms with Gasteiger partial charge in [0.25, 0.3) is 0 Å². The van der Waals surface area contributed by atoms with Crippen molar-refractivity contribution in [2.45, 2.75) is 46.2 Å². The number of hydrogen-bond acceptors (Lipinski definition) is 4. The molecule has 180 valence electrons. The van der Waals surface area contributed by atoms with Crippen LogP contribution in [0.3, 0.4) is 0 Å². The first-order valence-electron chi connectivity index (χ1n) is 10.8. The zero-order valence-electron chi connectivity index (χ0n) is 19.7. The van der Waals surface area contributed by atoms with Gasteiger partial charge in [-0.1, -0.05) is 44.2 Å². The van der Waals surface area contributed by atoms with Crippen LogP contribution in [-0.4, -0.2) is 50.5 Å². The quantitative estimate of drug-likeness (QED) is 0.569. The fourth-order valence-electron chi connectivity index (χ4n) is 3.49. The average Bonchev–Trinajstić information content (AvgIpc) is 2.75. The maximum absolute atomic E-state index is 13.4. The van der Waals surface area contributed by atoms with E-state index in [2.05, 4.69) is 5.32 Å². The van der Waals surface area contributed by atoms with Crippen molar-refractivity contribution in [1.82, 2.24) is 10.2 Å². The van der Waals surface area contributed by atoms with E-state index in [1.807, 2.05) is 26.0 Å². The van der Waals surface area contributed by atoms with Gasteiger partial charge in [0.15, 0.2) is 0 Å². The highest BCUT2D eigenvalue weighted by Gasteiger charge is 2.30. The maximum atomic E-state index is 13.4. The predicted octanol–water partition coefficient (Wildman–Crippen LogP) is 3.27. The summed E-state index contributed by atoms with van der Waals surface area (Å²) >= 11 is 0. The second-order valence-electron chi connectivity index (χ2n) is 8.20. The van der Waals surface area contributed by atoms with Gasteiger partial charge < -0.3 is 10.2 Å². The first kappa shape index (κ1) is 26.3. The van der Waals surface area contributed by atoms with Gasteiger partial charge in [-0.05, 0) is 49.1 Å². The van der Waals surface area contributed by atoms with Gasteiger partial charge in [0.2, 0.25) is 21.8 Å². The normalized spacial score (nSPS) is 12.3. The van der Waals surface area contributed by atoms with Crippen LogP contribution in [0.2, 0.25) is 0 Å². The number of nitrogens with one attached hydrogen (secondary N) is 1. The average molecular weight is 478 g/mol. The topological polar surface area (TPSA) is 86.8 Å². The Morgan fingerprint density at radius 1 is 1.03 bits per heavy atom. The zero-order valence-corrected chi connectivity index (χ0v) is 20.5. The minimum atomic E-state index is -3.80.